The number of benzene rings is 1. The van der Waals surface area contributed by atoms with Crippen LogP contribution >= 0.6 is 0 Å². The van der Waals surface area contributed by atoms with Crippen molar-refractivity contribution in [3.05, 3.63) is 23.8 Å². The minimum absolute atomic E-state index is 0.0829. The third kappa shape index (κ3) is 5.35. The normalized spacial score (nSPS) is 20.4. The monoisotopic (exact) mass is 481 g/mol. The lowest BCUT2D eigenvalue weighted by atomic mass is 10.1. The molecule has 2 heterocycles. The van der Waals surface area contributed by atoms with E-state index < -0.39 is 27.9 Å². The van der Waals surface area contributed by atoms with Gasteiger partial charge in [-0.3, -0.25) is 14.4 Å². The number of carbonyl (C=O) groups is 3. The van der Waals surface area contributed by atoms with Crippen LogP contribution in [0, 0.1) is 0 Å². The third-order valence-corrected chi connectivity index (χ3v) is 7.55. The summed E-state index contributed by atoms with van der Waals surface area (Å²) in [6.45, 7) is 3.11. The van der Waals surface area contributed by atoms with Crippen molar-refractivity contribution in [2.45, 2.75) is 36.7 Å². The highest BCUT2D eigenvalue weighted by molar-refractivity contribution is 7.89. The zero-order valence-electron chi connectivity index (χ0n) is 19.1. The van der Waals surface area contributed by atoms with Crippen LogP contribution in [0.25, 0.3) is 0 Å². The number of primary amides is 1. The zero-order valence-corrected chi connectivity index (χ0v) is 19.9. The summed E-state index contributed by atoms with van der Waals surface area (Å²) in [7, 11) is -0.520. The van der Waals surface area contributed by atoms with Gasteiger partial charge in [-0.15, -0.1) is 0 Å². The van der Waals surface area contributed by atoms with E-state index in [0.717, 1.165) is 0 Å². The Hall–Kier alpha value is -2.54. The van der Waals surface area contributed by atoms with Gasteiger partial charge in [0.2, 0.25) is 21.8 Å². The van der Waals surface area contributed by atoms with Gasteiger partial charge in [0.15, 0.2) is 6.04 Å². The van der Waals surface area contributed by atoms with E-state index >= 15 is 0 Å². The Morgan fingerprint density at radius 1 is 1.30 bits per heavy atom. The molecule has 3 amide bonds. The number of nitrogens with one attached hydrogen (secondary N) is 1. The predicted molar refractivity (Wildman–Crippen MR) is 121 cm³/mol. The number of ether oxygens (including phenoxy) is 1. The highest BCUT2D eigenvalue weighted by atomic mass is 32.2. The highest BCUT2D eigenvalue weighted by Gasteiger charge is 2.38. The number of hydrogen-bond acceptors (Lipinski definition) is 7. The average Bonchev–Trinajstić information content (AvgIpc) is 3.27. The molecule has 2 saturated heterocycles. The van der Waals surface area contributed by atoms with Gasteiger partial charge in [-0.05, 0) is 44.6 Å². The minimum atomic E-state index is -4.31. The number of nitrogens with zero attached hydrogens (tertiary/aromatic N) is 3. The fraction of sp³-hybridized carbons (Fsp3) is 0.571. The lowest BCUT2D eigenvalue weighted by Gasteiger charge is -2.29. The van der Waals surface area contributed by atoms with Gasteiger partial charge < -0.3 is 25.2 Å². The molecule has 2 aliphatic heterocycles. The van der Waals surface area contributed by atoms with Gasteiger partial charge in [-0.2, -0.15) is 4.72 Å². The maximum Gasteiger partial charge on any atom is 0.253 e. The first-order valence-electron chi connectivity index (χ1n) is 10.8. The molecule has 11 nitrogen and oxygen atoms in total. The van der Waals surface area contributed by atoms with Crippen molar-refractivity contribution in [2.24, 2.45) is 5.73 Å². The van der Waals surface area contributed by atoms with E-state index in [1.54, 1.807) is 13.0 Å². The van der Waals surface area contributed by atoms with Crippen molar-refractivity contribution in [2.75, 3.05) is 51.8 Å². The summed E-state index contributed by atoms with van der Waals surface area (Å²) in [5, 5.41) is 0. The molecule has 0 aliphatic carbocycles. The molecule has 2 aliphatic rings. The number of likely N-dealkylation sites (N-methyl/N-ethyl adjacent to an activating group) is 1. The molecule has 3 rings (SSSR count). The van der Waals surface area contributed by atoms with Crippen LogP contribution in [0.4, 0.5) is 5.69 Å². The molecule has 33 heavy (non-hydrogen) atoms. The zero-order chi connectivity index (χ0) is 24.3. The molecule has 0 spiro atoms. The third-order valence-electron chi connectivity index (χ3n) is 6.04. The Morgan fingerprint density at radius 2 is 2.03 bits per heavy atom. The first-order chi connectivity index (χ1) is 15.6. The van der Waals surface area contributed by atoms with E-state index in [1.165, 1.54) is 21.9 Å². The summed E-state index contributed by atoms with van der Waals surface area (Å²) in [6, 6.07) is 2.97. The maximum atomic E-state index is 13.3. The largest absolute Gasteiger partial charge is 0.370 e. The SMILES string of the molecule is CCc1c(N2CCOCC2=O)cccc1S(=O)(=O)N[C@@H](C(N)=O)C(=O)N1CC[C@@H](N(C)C)C1. The van der Waals surface area contributed by atoms with E-state index in [1.807, 2.05) is 19.0 Å². The van der Waals surface area contributed by atoms with E-state index in [-0.39, 0.29) is 23.5 Å². The van der Waals surface area contributed by atoms with Crippen LogP contribution in [0.3, 0.4) is 0 Å². The Morgan fingerprint density at radius 3 is 2.61 bits per heavy atom. The molecular formula is C21H31N5O6S. The number of nitrogens with two attached hydrogens (primary N) is 1. The number of carbonyl (C=O) groups excluding carboxylic acids is 3. The number of hydrogen-bond donors (Lipinski definition) is 2. The van der Waals surface area contributed by atoms with Gasteiger partial charge in [-0.1, -0.05) is 13.0 Å². The van der Waals surface area contributed by atoms with Crippen LogP contribution in [0.1, 0.15) is 18.9 Å². The molecule has 1 aromatic carbocycles. The summed E-state index contributed by atoms with van der Waals surface area (Å²) in [5.74, 6) is -2.02. The molecule has 2 fully saturated rings. The minimum Gasteiger partial charge on any atom is -0.370 e. The lowest BCUT2D eigenvalue weighted by Crippen LogP contribution is -2.55. The Balaban J connectivity index is 1.89. The fourth-order valence-corrected chi connectivity index (χ4v) is 5.67. The maximum absolute atomic E-state index is 13.3. The Labute approximate surface area is 193 Å². The lowest BCUT2D eigenvalue weighted by molar-refractivity contribution is -0.137. The fourth-order valence-electron chi connectivity index (χ4n) is 4.18. The molecule has 12 heteroatoms. The number of likely N-dealkylation sites (tertiary alicyclic amines) is 1. The Bertz CT molecular complexity index is 1030. The second kappa shape index (κ2) is 10.2. The van der Waals surface area contributed by atoms with Gasteiger partial charge in [0.05, 0.1) is 11.5 Å². The van der Waals surface area contributed by atoms with Gasteiger partial charge in [0, 0.05) is 31.4 Å². The molecule has 0 radical (unpaired) electrons. The molecule has 182 valence electrons. The molecule has 0 bridgehead atoms. The van der Waals surface area contributed by atoms with Crippen LogP contribution in [0.15, 0.2) is 23.1 Å². The first kappa shape index (κ1) is 25.1. The summed E-state index contributed by atoms with van der Waals surface area (Å²) < 4.78 is 34.0. The van der Waals surface area contributed by atoms with Gasteiger partial charge in [0.25, 0.3) is 5.91 Å². The molecule has 2 atom stereocenters. The Kier molecular flexibility index (Phi) is 7.73. The summed E-state index contributed by atoms with van der Waals surface area (Å²) in [4.78, 5) is 42.2. The van der Waals surface area contributed by atoms with Gasteiger partial charge in [-0.25, -0.2) is 8.42 Å². The van der Waals surface area contributed by atoms with Crippen molar-refractivity contribution < 1.29 is 27.5 Å². The van der Waals surface area contributed by atoms with E-state index in [9.17, 15) is 22.8 Å². The second-order valence-electron chi connectivity index (χ2n) is 8.35. The van der Waals surface area contributed by atoms with E-state index in [0.29, 0.717) is 50.3 Å². The first-order valence-corrected chi connectivity index (χ1v) is 12.3. The topological polar surface area (TPSA) is 142 Å². The van der Waals surface area contributed by atoms with Crippen LogP contribution in [0.2, 0.25) is 0 Å². The highest BCUT2D eigenvalue weighted by Crippen LogP contribution is 2.29. The number of anilines is 1. The summed E-state index contributed by atoms with van der Waals surface area (Å²) in [6.07, 6.45) is 1.02. The second-order valence-corrected chi connectivity index (χ2v) is 10.0. The predicted octanol–water partition coefficient (Wildman–Crippen LogP) is -1.09. The molecule has 1 aromatic rings. The smallest absolute Gasteiger partial charge is 0.253 e. The average molecular weight is 482 g/mol. The summed E-state index contributed by atoms with van der Waals surface area (Å²) in [5.41, 5.74) is 6.30. The number of morpholine rings is 1. The van der Waals surface area contributed by atoms with Crippen molar-refractivity contribution in [1.29, 1.82) is 0 Å². The molecular weight excluding hydrogens is 450 g/mol. The summed E-state index contributed by atoms with van der Waals surface area (Å²) >= 11 is 0. The van der Waals surface area contributed by atoms with Crippen molar-refractivity contribution in [3.63, 3.8) is 0 Å². The van der Waals surface area contributed by atoms with Gasteiger partial charge in [0.1, 0.15) is 6.61 Å². The number of amides is 3. The van der Waals surface area contributed by atoms with Crippen LogP contribution in [-0.2, 0) is 35.6 Å². The quantitative estimate of drug-likeness (QED) is 0.449. The van der Waals surface area contributed by atoms with Crippen molar-refractivity contribution >= 4 is 33.4 Å². The number of rotatable bonds is 8. The van der Waals surface area contributed by atoms with Crippen LogP contribution in [-0.4, -0.2) is 95.0 Å². The van der Waals surface area contributed by atoms with Gasteiger partial charge >= 0.3 is 0 Å². The molecule has 0 unspecified atom stereocenters. The van der Waals surface area contributed by atoms with Crippen LogP contribution in [0.5, 0.6) is 0 Å². The molecule has 0 saturated carbocycles. The van der Waals surface area contributed by atoms with Crippen LogP contribution < -0.4 is 15.4 Å². The standard InChI is InChI=1S/C21H31N5O6S/c1-4-15-16(26-10-11-32-13-18(26)27)6-5-7-17(15)33(30,31)23-19(20(22)28)21(29)25-9-8-14(12-25)24(2)3/h5-7,14,19,23H,4,8-13H2,1-3H3,(H2,22,28)/t14-,19+/m1/s1. The van der Waals surface area contributed by atoms with Crippen molar-refractivity contribution in [3.8, 4) is 0 Å². The van der Waals surface area contributed by atoms with E-state index in [4.69, 9.17) is 10.5 Å². The number of sulfonamides is 1. The molecule has 0 aromatic heterocycles. The molecule has 3 N–H and O–H groups in total. The van der Waals surface area contributed by atoms with Crippen molar-refractivity contribution in [1.82, 2.24) is 14.5 Å². The van der Waals surface area contributed by atoms with E-state index in [2.05, 4.69) is 4.72 Å².